The van der Waals surface area contributed by atoms with Gasteiger partial charge in [-0.15, -0.1) is 0 Å². The van der Waals surface area contributed by atoms with E-state index in [4.69, 9.17) is 0 Å². The number of hydrogen-bond donors (Lipinski definition) is 0. The molecule has 5 heteroatoms. The van der Waals surface area contributed by atoms with Crippen LogP contribution in [0.5, 0.6) is 0 Å². The van der Waals surface area contributed by atoms with Crippen LogP contribution in [0.4, 0.5) is 0 Å². The van der Waals surface area contributed by atoms with Crippen molar-refractivity contribution in [2.24, 2.45) is 0 Å². The van der Waals surface area contributed by atoms with Crippen molar-refractivity contribution in [3.8, 4) is 5.81 Å². The Morgan fingerprint density at radius 2 is 1.00 bits per heavy atom. The molecule has 0 aliphatic rings. The lowest BCUT2D eigenvalue weighted by atomic mass is 10.3. The van der Waals surface area contributed by atoms with Gasteiger partial charge in [0.25, 0.3) is 0 Å². The summed E-state index contributed by atoms with van der Waals surface area (Å²) >= 11 is 0. The fourth-order valence-electron chi connectivity index (χ4n) is 2.67. The Hall–Kier alpha value is -0.360. The molecule has 0 rings (SSSR count). The van der Waals surface area contributed by atoms with E-state index in [0.717, 1.165) is 0 Å². The third-order valence-electron chi connectivity index (χ3n) is 2.87. The van der Waals surface area contributed by atoms with E-state index < -0.39 is 7.44 Å². The zero-order valence-corrected chi connectivity index (χ0v) is 13.9. The average Bonchev–Trinajstić information content (AvgIpc) is 2.14. The highest BCUT2D eigenvalue weighted by Gasteiger charge is 2.42. The molecule has 0 unspecified atom stereocenters. The monoisotopic (exact) mass is 273 g/mol. The highest BCUT2D eigenvalue weighted by molar-refractivity contribution is 7.64. The summed E-state index contributed by atoms with van der Waals surface area (Å²) in [4.78, 5) is 0. The lowest BCUT2D eigenvalue weighted by molar-refractivity contribution is 0.231. The molecule has 0 bridgehead atoms. The molecular weight excluding hydrogens is 245 g/mol. The summed E-state index contributed by atoms with van der Waals surface area (Å²) in [7, 11) is -3.17. The van der Waals surface area contributed by atoms with Crippen molar-refractivity contribution in [3.63, 3.8) is 0 Å². The van der Waals surface area contributed by atoms with Gasteiger partial charge in [-0.3, -0.25) is 4.57 Å². The summed E-state index contributed by atoms with van der Waals surface area (Å²) in [5.41, 5.74) is 0. The maximum absolute atomic E-state index is 13.2. The molecule has 0 aromatic heterocycles. The second kappa shape index (κ2) is 6.70. The molecule has 0 aromatic carbocycles. The fraction of sp³-hybridized carbons (Fsp3) is 0.923. The van der Waals surface area contributed by atoms with Gasteiger partial charge < -0.3 is 0 Å². The topological polar surface area (TPSA) is 47.3 Å². The minimum Gasteiger partial charge on any atom is -0.272 e. The van der Waals surface area contributed by atoms with Crippen molar-refractivity contribution >= 4 is 7.44 Å². The number of hydrogen-bond acceptors (Lipinski definition) is 2. The van der Waals surface area contributed by atoms with Crippen molar-refractivity contribution in [1.82, 2.24) is 9.34 Å². The van der Waals surface area contributed by atoms with Crippen molar-refractivity contribution in [2.45, 2.75) is 79.6 Å². The van der Waals surface area contributed by atoms with Crippen LogP contribution in [0.1, 0.15) is 55.4 Å². The number of rotatable bonds is 6. The maximum Gasteiger partial charge on any atom is 0.314 e. The van der Waals surface area contributed by atoms with E-state index in [-0.39, 0.29) is 24.2 Å². The lowest BCUT2D eigenvalue weighted by Gasteiger charge is -2.43. The van der Waals surface area contributed by atoms with Crippen LogP contribution in [-0.2, 0) is 4.57 Å². The number of nitrogens with zero attached hydrogens (tertiary/aromatic N) is 3. The summed E-state index contributed by atoms with van der Waals surface area (Å²) in [6.45, 7) is 15.9. The highest BCUT2D eigenvalue weighted by Crippen LogP contribution is 2.56. The first-order valence-corrected chi connectivity index (χ1v) is 8.29. The standard InChI is InChI=1S/C13H28N3OP/c1-10(2)15(11(3)4)18(17,9-14)16(12(5)6)13(7)8/h10-13H,1-8H3. The summed E-state index contributed by atoms with van der Waals surface area (Å²) in [5, 5.41) is 9.53. The van der Waals surface area contributed by atoms with Gasteiger partial charge in [-0.05, 0) is 55.4 Å². The van der Waals surface area contributed by atoms with E-state index in [1.54, 1.807) is 0 Å². The molecule has 0 fully saturated rings. The second-order valence-corrected chi connectivity index (χ2v) is 7.99. The van der Waals surface area contributed by atoms with Crippen LogP contribution in [0, 0.1) is 11.1 Å². The van der Waals surface area contributed by atoms with Crippen LogP contribution in [0.2, 0.25) is 0 Å². The minimum absolute atomic E-state index is 0.0792. The van der Waals surface area contributed by atoms with E-state index in [9.17, 15) is 9.83 Å². The van der Waals surface area contributed by atoms with Crippen LogP contribution in [0.15, 0.2) is 0 Å². The smallest absolute Gasteiger partial charge is 0.272 e. The molecule has 0 heterocycles. The van der Waals surface area contributed by atoms with Gasteiger partial charge in [0.05, 0.1) is 0 Å². The van der Waals surface area contributed by atoms with Gasteiger partial charge >= 0.3 is 7.44 Å². The first-order chi connectivity index (χ1) is 8.09. The van der Waals surface area contributed by atoms with Gasteiger partial charge in [0.15, 0.2) is 5.81 Å². The summed E-state index contributed by atoms with van der Waals surface area (Å²) in [6, 6.07) is 0.317. The Balaban J connectivity index is 5.73. The van der Waals surface area contributed by atoms with E-state index in [0.29, 0.717) is 0 Å². The Bertz CT molecular complexity index is 305. The predicted octanol–water partition coefficient (Wildman–Crippen LogP) is 3.90. The molecule has 18 heavy (non-hydrogen) atoms. The summed E-state index contributed by atoms with van der Waals surface area (Å²) < 4.78 is 16.9. The zero-order chi connectivity index (χ0) is 14.7. The SMILES string of the molecule is CC(C)N(C(C)C)P(=O)(C#N)N(C(C)C)C(C)C. The van der Waals surface area contributed by atoms with Crippen molar-refractivity contribution in [2.75, 3.05) is 0 Å². The minimum atomic E-state index is -3.17. The van der Waals surface area contributed by atoms with Crippen molar-refractivity contribution in [3.05, 3.63) is 0 Å². The molecule has 0 atom stereocenters. The van der Waals surface area contributed by atoms with Crippen LogP contribution in [0.25, 0.3) is 0 Å². The molecule has 4 nitrogen and oxygen atoms in total. The summed E-state index contributed by atoms with van der Waals surface area (Å²) in [6.07, 6.45) is 0. The largest absolute Gasteiger partial charge is 0.314 e. The molecule has 106 valence electrons. The lowest BCUT2D eigenvalue weighted by Crippen LogP contribution is -2.44. The van der Waals surface area contributed by atoms with E-state index >= 15 is 0 Å². The van der Waals surface area contributed by atoms with Gasteiger partial charge in [0.1, 0.15) is 0 Å². The van der Waals surface area contributed by atoms with Gasteiger partial charge in [-0.1, -0.05) is 0 Å². The van der Waals surface area contributed by atoms with Gasteiger partial charge in [-0.2, -0.15) is 5.26 Å². The van der Waals surface area contributed by atoms with Gasteiger partial charge in [-0.25, -0.2) is 9.34 Å². The maximum atomic E-state index is 13.2. The van der Waals surface area contributed by atoms with Gasteiger partial charge in [0.2, 0.25) is 0 Å². The Morgan fingerprint density at radius 3 is 1.11 bits per heavy atom. The zero-order valence-electron chi connectivity index (χ0n) is 13.0. The molecular formula is C13H28N3OP. The van der Waals surface area contributed by atoms with Crippen LogP contribution < -0.4 is 0 Å². The molecule has 0 radical (unpaired) electrons. The Morgan fingerprint density at radius 1 is 0.778 bits per heavy atom. The molecule has 0 amide bonds. The summed E-state index contributed by atoms with van der Waals surface area (Å²) in [5.74, 6) is 2.11. The Labute approximate surface area is 112 Å². The normalized spacial score (nSPS) is 13.4. The molecule has 0 aliphatic heterocycles. The first kappa shape index (κ1) is 17.6. The van der Waals surface area contributed by atoms with Crippen molar-refractivity contribution in [1.29, 1.82) is 5.26 Å². The third kappa shape index (κ3) is 3.57. The van der Waals surface area contributed by atoms with Crippen LogP contribution >= 0.6 is 7.44 Å². The first-order valence-electron chi connectivity index (χ1n) is 6.68. The average molecular weight is 273 g/mol. The van der Waals surface area contributed by atoms with E-state index in [1.165, 1.54) is 0 Å². The number of nitriles is 1. The predicted molar refractivity (Wildman–Crippen MR) is 77.4 cm³/mol. The second-order valence-electron chi connectivity index (χ2n) is 5.78. The molecule has 0 spiro atoms. The van der Waals surface area contributed by atoms with Gasteiger partial charge in [0, 0.05) is 24.2 Å². The molecule has 0 saturated heterocycles. The fourth-order valence-corrected chi connectivity index (χ4v) is 5.62. The Kier molecular flexibility index (Phi) is 6.57. The quantitative estimate of drug-likeness (QED) is 0.689. The van der Waals surface area contributed by atoms with E-state index in [1.807, 2.05) is 64.7 Å². The third-order valence-corrected chi connectivity index (χ3v) is 6.23. The van der Waals surface area contributed by atoms with Crippen LogP contribution in [0.3, 0.4) is 0 Å². The molecule has 0 N–H and O–H groups in total. The van der Waals surface area contributed by atoms with E-state index in [2.05, 4.69) is 5.81 Å². The molecule has 0 aliphatic carbocycles. The van der Waals surface area contributed by atoms with Crippen LogP contribution in [-0.4, -0.2) is 33.5 Å². The molecule has 0 saturated carbocycles. The van der Waals surface area contributed by atoms with Crippen molar-refractivity contribution < 1.29 is 4.57 Å². The highest BCUT2D eigenvalue weighted by atomic mass is 31.2. The molecule has 0 aromatic rings.